The number of carbonyl (C=O) groups is 2. The summed E-state index contributed by atoms with van der Waals surface area (Å²) in [6.45, 7) is 10.5. The van der Waals surface area contributed by atoms with Gasteiger partial charge in [0.05, 0.1) is 34.1 Å². The largest absolute Gasteiger partial charge is 0.370 e. The minimum absolute atomic E-state index is 0.0168. The van der Waals surface area contributed by atoms with Crippen LogP contribution in [0.15, 0.2) is 47.5 Å². The van der Waals surface area contributed by atoms with E-state index in [4.69, 9.17) is 11.6 Å². The lowest BCUT2D eigenvalue weighted by Gasteiger charge is -2.23. The molecule has 2 aromatic carbocycles. The topological polar surface area (TPSA) is 154 Å². The molecule has 0 saturated heterocycles. The van der Waals surface area contributed by atoms with Crippen LogP contribution in [0.3, 0.4) is 0 Å². The molecular formula is C36H56ClN5O6S2. The highest BCUT2D eigenvalue weighted by molar-refractivity contribution is 7.92. The molecule has 3 N–H and O–H groups in total. The fraction of sp³-hybridized carbons (Fsp3) is 0.583. The molecule has 0 saturated carbocycles. The third kappa shape index (κ3) is 16.3. The predicted molar refractivity (Wildman–Crippen MR) is 208 cm³/mol. The van der Waals surface area contributed by atoms with Crippen LogP contribution in [-0.4, -0.2) is 65.9 Å². The molecule has 0 radical (unpaired) electrons. The van der Waals surface area contributed by atoms with E-state index in [0.29, 0.717) is 25.2 Å². The van der Waals surface area contributed by atoms with Crippen LogP contribution >= 0.6 is 11.6 Å². The van der Waals surface area contributed by atoms with Crippen molar-refractivity contribution in [1.29, 1.82) is 0 Å². The van der Waals surface area contributed by atoms with E-state index in [1.165, 1.54) is 56.7 Å². The summed E-state index contributed by atoms with van der Waals surface area (Å²) >= 11 is 6.39. The zero-order valence-corrected chi connectivity index (χ0v) is 32.9. The Morgan fingerprint density at radius 2 is 1.42 bits per heavy atom. The normalized spacial score (nSPS) is 12.5. The molecular weight excluding hydrogens is 698 g/mol. The van der Waals surface area contributed by atoms with Crippen LogP contribution in [0.1, 0.15) is 98.8 Å². The van der Waals surface area contributed by atoms with Gasteiger partial charge in [-0.15, -0.1) is 0 Å². The van der Waals surface area contributed by atoms with Crippen molar-refractivity contribution in [3.63, 3.8) is 0 Å². The average molecular weight is 754 g/mol. The summed E-state index contributed by atoms with van der Waals surface area (Å²) in [6.07, 6.45) is 12.1. The van der Waals surface area contributed by atoms with Crippen molar-refractivity contribution in [3.8, 4) is 0 Å². The molecule has 0 aliphatic rings. The van der Waals surface area contributed by atoms with Gasteiger partial charge in [-0.2, -0.15) is 0 Å². The Balaban J connectivity index is 2.12. The highest BCUT2D eigenvalue weighted by atomic mass is 35.5. The quantitative estimate of drug-likeness (QED) is 0.0597. The van der Waals surface area contributed by atoms with Crippen LogP contribution in [0.5, 0.6) is 0 Å². The van der Waals surface area contributed by atoms with Gasteiger partial charge in [0, 0.05) is 30.7 Å². The van der Waals surface area contributed by atoms with Gasteiger partial charge >= 0.3 is 0 Å². The number of nitrogens with one attached hydrogen (secondary N) is 3. The third-order valence-corrected chi connectivity index (χ3v) is 10.4. The fourth-order valence-electron chi connectivity index (χ4n) is 5.14. The zero-order chi connectivity index (χ0) is 37.4. The maximum atomic E-state index is 13.6. The number of rotatable bonds is 23. The number of aliphatic imine (C=N–C) groups is 1. The van der Waals surface area contributed by atoms with Gasteiger partial charge in [-0.1, -0.05) is 97.1 Å². The van der Waals surface area contributed by atoms with Crippen LogP contribution in [0.2, 0.25) is 5.02 Å². The van der Waals surface area contributed by atoms with Crippen LogP contribution in [0, 0.1) is 5.41 Å². The molecule has 11 nitrogen and oxygen atoms in total. The number of Topliss-reactive ketones (excluding diaryl/α,β-unsaturated/α-hetero) is 1. The second-order valence-corrected chi connectivity index (χ2v) is 17.6. The molecule has 2 rings (SSSR count). The van der Waals surface area contributed by atoms with Crippen molar-refractivity contribution in [2.75, 3.05) is 46.6 Å². The number of unbranched alkanes of at least 4 members (excludes halogenated alkanes) is 9. The summed E-state index contributed by atoms with van der Waals surface area (Å²) in [6, 6.07) is 11.3. The van der Waals surface area contributed by atoms with Crippen molar-refractivity contribution >= 4 is 71.8 Å². The van der Waals surface area contributed by atoms with Gasteiger partial charge in [0.25, 0.3) is 5.91 Å². The van der Waals surface area contributed by atoms with E-state index in [9.17, 15) is 26.4 Å². The number of hydrogen-bond donors (Lipinski definition) is 3. The van der Waals surface area contributed by atoms with Gasteiger partial charge in [-0.25, -0.2) is 26.6 Å². The molecule has 0 aliphatic carbocycles. The number of anilines is 3. The summed E-state index contributed by atoms with van der Waals surface area (Å²) in [4.78, 5) is 33.4. The molecule has 1 amide bonds. The second-order valence-electron chi connectivity index (χ2n) is 13.6. The average Bonchev–Trinajstić information content (AvgIpc) is 3.03. The number of nitrogens with zero attached hydrogens (tertiary/aromatic N) is 2. The highest BCUT2D eigenvalue weighted by Gasteiger charge is 2.31. The van der Waals surface area contributed by atoms with Gasteiger partial charge in [-0.3, -0.25) is 14.3 Å². The Morgan fingerprint density at radius 1 is 0.840 bits per heavy atom. The van der Waals surface area contributed by atoms with Crippen molar-refractivity contribution in [2.24, 2.45) is 10.4 Å². The lowest BCUT2D eigenvalue weighted by atomic mass is 9.87. The summed E-state index contributed by atoms with van der Waals surface area (Å²) in [5, 5.41) is 2.81. The molecule has 0 bridgehead atoms. The van der Waals surface area contributed by atoms with Gasteiger partial charge in [0.1, 0.15) is 0 Å². The number of benzene rings is 2. The van der Waals surface area contributed by atoms with Crippen LogP contribution in [0.4, 0.5) is 22.7 Å². The third-order valence-electron chi connectivity index (χ3n) is 7.95. The number of halogens is 1. The number of carbonyl (C=O) groups excluding carboxylic acids is 2. The van der Waals surface area contributed by atoms with E-state index < -0.39 is 37.2 Å². The molecule has 0 atom stereocenters. The van der Waals surface area contributed by atoms with Gasteiger partial charge in [0.15, 0.2) is 11.5 Å². The zero-order valence-electron chi connectivity index (χ0n) is 30.5. The van der Waals surface area contributed by atoms with E-state index in [-0.39, 0.29) is 34.4 Å². The standard InChI is InChI=1S/C36H56ClN5O6S2/c1-7-9-10-11-12-13-14-15-16-17-26-50(47,48)41-29-20-23-31(37)32(27-29)40-35(44)33(34(43)36(3,4)5)39-28-18-21-30(22-19-28)42(8-2)25-24-38-49(6,45)46/h18-23,27,38,41H,7-17,24-26H2,1-6H3,(H,40,44). The Bertz CT molecular complexity index is 1640. The molecule has 280 valence electrons. The number of hydrogen-bond acceptors (Lipinski definition) is 8. The maximum Gasteiger partial charge on any atom is 0.278 e. The van der Waals surface area contributed by atoms with E-state index in [1.54, 1.807) is 45.0 Å². The van der Waals surface area contributed by atoms with Gasteiger partial charge in [-0.05, 0) is 55.8 Å². The first-order chi connectivity index (χ1) is 23.5. The van der Waals surface area contributed by atoms with Crippen molar-refractivity contribution in [3.05, 3.63) is 47.5 Å². The highest BCUT2D eigenvalue weighted by Crippen LogP contribution is 2.28. The van der Waals surface area contributed by atoms with Crippen molar-refractivity contribution in [1.82, 2.24) is 4.72 Å². The molecule has 50 heavy (non-hydrogen) atoms. The molecule has 0 aromatic heterocycles. The molecule has 0 heterocycles. The summed E-state index contributed by atoms with van der Waals surface area (Å²) in [5.74, 6) is -1.30. The van der Waals surface area contributed by atoms with E-state index in [2.05, 4.69) is 26.7 Å². The number of ketones is 1. The monoisotopic (exact) mass is 753 g/mol. The molecule has 0 fully saturated rings. The van der Waals surface area contributed by atoms with Gasteiger partial charge < -0.3 is 10.2 Å². The summed E-state index contributed by atoms with van der Waals surface area (Å²) in [5.41, 5.74) is 0.271. The lowest BCUT2D eigenvalue weighted by Crippen LogP contribution is -2.37. The molecule has 0 unspecified atom stereocenters. The molecule has 0 spiro atoms. The van der Waals surface area contributed by atoms with E-state index in [1.807, 2.05) is 11.8 Å². The number of sulfonamides is 2. The van der Waals surface area contributed by atoms with Crippen LogP contribution in [0.25, 0.3) is 0 Å². The minimum Gasteiger partial charge on any atom is -0.370 e. The second kappa shape index (κ2) is 20.8. The molecule has 14 heteroatoms. The molecule has 0 aliphatic heterocycles. The van der Waals surface area contributed by atoms with Crippen LogP contribution in [-0.2, 0) is 29.6 Å². The first-order valence-corrected chi connectivity index (χ1v) is 21.4. The van der Waals surface area contributed by atoms with Crippen LogP contribution < -0.4 is 19.7 Å². The lowest BCUT2D eigenvalue weighted by molar-refractivity contribution is -0.121. The first-order valence-electron chi connectivity index (χ1n) is 17.5. The Morgan fingerprint density at radius 3 is 1.96 bits per heavy atom. The number of likely N-dealkylation sites (N-methyl/N-ethyl adjacent to an activating group) is 1. The Labute approximate surface area is 305 Å². The fourth-order valence-corrected chi connectivity index (χ4v) is 6.94. The summed E-state index contributed by atoms with van der Waals surface area (Å²) < 4.78 is 53.5. The van der Waals surface area contributed by atoms with E-state index >= 15 is 0 Å². The minimum atomic E-state index is -3.63. The molecule has 2 aromatic rings. The van der Waals surface area contributed by atoms with Gasteiger partial charge in [0.2, 0.25) is 20.0 Å². The number of amides is 1. The Kier molecular flexibility index (Phi) is 17.9. The summed E-state index contributed by atoms with van der Waals surface area (Å²) in [7, 11) is -6.94. The van der Waals surface area contributed by atoms with E-state index in [0.717, 1.165) is 31.2 Å². The van der Waals surface area contributed by atoms with Crippen molar-refractivity contribution in [2.45, 2.75) is 98.8 Å². The van der Waals surface area contributed by atoms with Crippen molar-refractivity contribution < 1.29 is 26.4 Å². The smallest absolute Gasteiger partial charge is 0.278 e. The Hall–Kier alpha value is -3.00. The maximum absolute atomic E-state index is 13.6. The predicted octanol–water partition coefficient (Wildman–Crippen LogP) is 7.70. The SMILES string of the molecule is CCCCCCCCCCCCS(=O)(=O)Nc1ccc(Cl)c(NC(=O)C(=Nc2ccc(N(CC)CCNS(C)(=O)=O)cc2)C(=O)C(C)(C)C)c1. The first kappa shape index (κ1) is 43.2.